The van der Waals surface area contributed by atoms with Crippen molar-refractivity contribution in [2.75, 3.05) is 17.4 Å². The van der Waals surface area contributed by atoms with E-state index in [4.69, 9.17) is 0 Å². The van der Waals surface area contributed by atoms with Crippen LogP contribution in [0.25, 0.3) is 0 Å². The fraction of sp³-hybridized carbons (Fsp3) is 0.355. The number of amides is 2. The van der Waals surface area contributed by atoms with Gasteiger partial charge >= 0.3 is 0 Å². The first kappa shape index (κ1) is 29.9. The molecule has 208 valence electrons. The zero-order valence-corrected chi connectivity index (χ0v) is 24.5. The Kier molecular flexibility index (Phi) is 9.56. The van der Waals surface area contributed by atoms with Gasteiger partial charge in [0, 0.05) is 12.1 Å². The molecule has 0 aromatic heterocycles. The Morgan fingerprint density at radius 3 is 2.10 bits per heavy atom. The van der Waals surface area contributed by atoms with Crippen LogP contribution < -0.4 is 9.62 Å². The number of aryl methyl sites for hydroxylation is 2. The van der Waals surface area contributed by atoms with Crippen molar-refractivity contribution in [3.63, 3.8) is 0 Å². The minimum atomic E-state index is -4.07. The van der Waals surface area contributed by atoms with E-state index in [1.807, 2.05) is 71.0 Å². The Morgan fingerprint density at radius 1 is 0.872 bits per heavy atom. The average molecular weight is 550 g/mol. The predicted molar refractivity (Wildman–Crippen MR) is 156 cm³/mol. The van der Waals surface area contributed by atoms with Gasteiger partial charge in [-0.3, -0.25) is 13.9 Å². The number of rotatable bonds is 10. The molecule has 0 heterocycles. The number of anilines is 1. The third-order valence-corrected chi connectivity index (χ3v) is 8.12. The van der Waals surface area contributed by atoms with Crippen LogP contribution in [0.5, 0.6) is 0 Å². The van der Waals surface area contributed by atoms with Crippen LogP contribution >= 0.6 is 0 Å². The minimum absolute atomic E-state index is 0.0942. The van der Waals surface area contributed by atoms with E-state index < -0.39 is 34.1 Å². The van der Waals surface area contributed by atoms with Gasteiger partial charge in [0.25, 0.3) is 10.0 Å². The van der Waals surface area contributed by atoms with Crippen LogP contribution in [-0.2, 0) is 26.0 Å². The molecule has 39 heavy (non-hydrogen) atoms. The van der Waals surface area contributed by atoms with Crippen LogP contribution in [0.4, 0.5) is 5.69 Å². The van der Waals surface area contributed by atoms with Gasteiger partial charge in [0.1, 0.15) is 12.6 Å². The first-order valence-corrected chi connectivity index (χ1v) is 14.5. The molecule has 0 aliphatic heterocycles. The van der Waals surface area contributed by atoms with Crippen molar-refractivity contribution >= 4 is 27.5 Å². The van der Waals surface area contributed by atoms with Gasteiger partial charge in [-0.1, -0.05) is 60.2 Å². The molecule has 3 rings (SSSR count). The summed E-state index contributed by atoms with van der Waals surface area (Å²) in [7, 11) is -4.07. The summed E-state index contributed by atoms with van der Waals surface area (Å²) in [5.74, 6) is -0.757. The summed E-state index contributed by atoms with van der Waals surface area (Å²) in [6.45, 7) is 10.9. The van der Waals surface area contributed by atoms with Gasteiger partial charge in [-0.05, 0) is 83.4 Å². The van der Waals surface area contributed by atoms with Gasteiger partial charge in [0.15, 0.2) is 0 Å². The van der Waals surface area contributed by atoms with Crippen LogP contribution in [0.3, 0.4) is 0 Å². The molecule has 0 radical (unpaired) electrons. The second-order valence-electron chi connectivity index (χ2n) is 10.9. The zero-order valence-electron chi connectivity index (χ0n) is 23.6. The second kappa shape index (κ2) is 12.5. The number of benzene rings is 3. The van der Waals surface area contributed by atoms with Crippen molar-refractivity contribution < 1.29 is 18.0 Å². The molecule has 3 aromatic rings. The third kappa shape index (κ3) is 8.17. The number of hydrogen-bond donors (Lipinski definition) is 1. The molecule has 0 saturated carbocycles. The summed E-state index contributed by atoms with van der Waals surface area (Å²) in [6, 6.07) is 22.5. The maximum atomic E-state index is 13.9. The summed E-state index contributed by atoms with van der Waals surface area (Å²) in [5.41, 5.74) is 2.71. The van der Waals surface area contributed by atoms with Gasteiger partial charge < -0.3 is 10.2 Å². The largest absolute Gasteiger partial charge is 0.350 e. The molecule has 0 fully saturated rings. The average Bonchev–Trinajstić information content (AvgIpc) is 2.87. The Balaban J connectivity index is 1.99. The molecule has 1 atom stereocenters. The molecular weight excluding hydrogens is 510 g/mol. The zero-order chi connectivity index (χ0) is 28.8. The molecule has 0 aliphatic carbocycles. The number of carbonyl (C=O) groups is 2. The molecule has 3 aromatic carbocycles. The van der Waals surface area contributed by atoms with Gasteiger partial charge in [0.05, 0.1) is 10.6 Å². The fourth-order valence-corrected chi connectivity index (χ4v) is 5.60. The summed E-state index contributed by atoms with van der Waals surface area (Å²) in [4.78, 5) is 28.6. The van der Waals surface area contributed by atoms with Crippen molar-refractivity contribution in [3.05, 3.63) is 95.6 Å². The number of nitrogens with zero attached hydrogens (tertiary/aromatic N) is 2. The van der Waals surface area contributed by atoms with E-state index in [-0.39, 0.29) is 17.3 Å². The lowest BCUT2D eigenvalue weighted by molar-refractivity contribution is -0.139. The maximum absolute atomic E-state index is 13.9. The normalized spacial score (nSPS) is 12.5. The highest BCUT2D eigenvalue weighted by Gasteiger charge is 2.33. The van der Waals surface area contributed by atoms with Crippen LogP contribution in [0, 0.1) is 13.8 Å². The Labute approximate surface area is 232 Å². The lowest BCUT2D eigenvalue weighted by atomic mass is 10.1. The molecule has 0 saturated heterocycles. The highest BCUT2D eigenvalue weighted by Crippen LogP contribution is 2.25. The molecule has 0 bridgehead atoms. The monoisotopic (exact) mass is 549 g/mol. The topological polar surface area (TPSA) is 86.8 Å². The standard InChI is InChI=1S/C31H39N3O4S/c1-23-15-17-28(18-16-23)39(37,38)34(27-14-10-11-24(2)21-27)22-29(35)33(20-19-26-12-8-7-9-13-26)25(3)30(36)32-31(4,5)6/h7-18,21,25H,19-20,22H2,1-6H3,(H,32,36)/t25-/m1/s1. The summed E-state index contributed by atoms with van der Waals surface area (Å²) < 4.78 is 28.9. The molecule has 0 aliphatic rings. The molecule has 1 N–H and O–H groups in total. The summed E-state index contributed by atoms with van der Waals surface area (Å²) >= 11 is 0. The molecule has 0 unspecified atom stereocenters. The van der Waals surface area contributed by atoms with Crippen LogP contribution in [0.2, 0.25) is 0 Å². The van der Waals surface area contributed by atoms with E-state index in [1.54, 1.807) is 49.4 Å². The van der Waals surface area contributed by atoms with Crippen LogP contribution in [-0.4, -0.2) is 49.8 Å². The molecule has 0 spiro atoms. The van der Waals surface area contributed by atoms with E-state index >= 15 is 0 Å². The van der Waals surface area contributed by atoms with E-state index in [0.717, 1.165) is 21.0 Å². The summed E-state index contributed by atoms with van der Waals surface area (Å²) in [6.07, 6.45) is 0.523. The summed E-state index contributed by atoms with van der Waals surface area (Å²) in [5, 5.41) is 2.94. The smallest absolute Gasteiger partial charge is 0.264 e. The third-order valence-electron chi connectivity index (χ3n) is 6.33. The van der Waals surface area contributed by atoms with Gasteiger partial charge in [-0.2, -0.15) is 0 Å². The molecule has 2 amide bonds. The molecular formula is C31H39N3O4S. The first-order chi connectivity index (χ1) is 18.3. The van der Waals surface area contributed by atoms with Crippen LogP contribution in [0.15, 0.2) is 83.8 Å². The van der Waals surface area contributed by atoms with E-state index in [0.29, 0.717) is 12.1 Å². The number of sulfonamides is 1. The lowest BCUT2D eigenvalue weighted by Gasteiger charge is -2.33. The van der Waals surface area contributed by atoms with Gasteiger partial charge in [0.2, 0.25) is 11.8 Å². The Morgan fingerprint density at radius 2 is 1.51 bits per heavy atom. The first-order valence-electron chi connectivity index (χ1n) is 13.1. The van der Waals surface area contributed by atoms with Crippen molar-refractivity contribution in [1.29, 1.82) is 0 Å². The second-order valence-corrected chi connectivity index (χ2v) is 12.8. The van der Waals surface area contributed by atoms with Gasteiger partial charge in [-0.15, -0.1) is 0 Å². The highest BCUT2D eigenvalue weighted by molar-refractivity contribution is 7.92. The fourth-order valence-electron chi connectivity index (χ4n) is 4.19. The maximum Gasteiger partial charge on any atom is 0.264 e. The Hall–Kier alpha value is -3.65. The number of nitrogens with one attached hydrogen (secondary N) is 1. The van der Waals surface area contributed by atoms with E-state index in [9.17, 15) is 18.0 Å². The minimum Gasteiger partial charge on any atom is -0.350 e. The van der Waals surface area contributed by atoms with Crippen LogP contribution in [0.1, 0.15) is 44.4 Å². The molecule has 7 nitrogen and oxygen atoms in total. The SMILES string of the molecule is Cc1ccc(S(=O)(=O)N(CC(=O)N(CCc2ccccc2)[C@H](C)C(=O)NC(C)(C)C)c2cccc(C)c2)cc1. The van der Waals surface area contributed by atoms with Crippen molar-refractivity contribution in [3.8, 4) is 0 Å². The Bertz CT molecular complexity index is 1380. The number of carbonyl (C=O) groups excluding carboxylic acids is 2. The predicted octanol–water partition coefficient (Wildman–Crippen LogP) is 4.87. The van der Waals surface area contributed by atoms with E-state index in [1.165, 1.54) is 4.90 Å². The van der Waals surface area contributed by atoms with Crippen molar-refractivity contribution in [2.45, 2.75) is 64.4 Å². The van der Waals surface area contributed by atoms with Gasteiger partial charge in [-0.25, -0.2) is 8.42 Å². The highest BCUT2D eigenvalue weighted by atomic mass is 32.2. The quantitative estimate of drug-likeness (QED) is 0.391. The van der Waals surface area contributed by atoms with Crippen molar-refractivity contribution in [1.82, 2.24) is 10.2 Å². The van der Waals surface area contributed by atoms with E-state index in [2.05, 4.69) is 5.32 Å². The molecule has 8 heteroatoms. The lowest BCUT2D eigenvalue weighted by Crippen LogP contribution is -2.55. The number of hydrogen-bond acceptors (Lipinski definition) is 4. The van der Waals surface area contributed by atoms with Crippen molar-refractivity contribution in [2.24, 2.45) is 0 Å².